The molecule has 17 heavy (non-hydrogen) atoms. The molecular weight excluding hydrogens is 212 g/mol. The molecule has 2 N–H and O–H groups in total. The SMILES string of the molecule is C/C(=C\CCC1(C)C2CCC1(C)C(O)C2)CO. The molecule has 2 aliphatic carbocycles. The molecule has 2 heteroatoms. The van der Waals surface area contributed by atoms with Crippen LogP contribution in [-0.2, 0) is 0 Å². The van der Waals surface area contributed by atoms with Gasteiger partial charge in [-0.25, -0.2) is 0 Å². The van der Waals surface area contributed by atoms with Gasteiger partial charge in [-0.2, -0.15) is 0 Å². The lowest BCUT2D eigenvalue weighted by atomic mass is 9.66. The van der Waals surface area contributed by atoms with Gasteiger partial charge in [-0.05, 0) is 55.8 Å². The van der Waals surface area contributed by atoms with E-state index in [1.807, 2.05) is 6.92 Å². The monoisotopic (exact) mass is 238 g/mol. The van der Waals surface area contributed by atoms with Gasteiger partial charge in [0.25, 0.3) is 0 Å². The highest BCUT2D eigenvalue weighted by molar-refractivity contribution is 5.13. The molecule has 2 bridgehead atoms. The Morgan fingerprint density at radius 3 is 2.59 bits per heavy atom. The van der Waals surface area contributed by atoms with Crippen LogP contribution in [0.1, 0.15) is 52.9 Å². The lowest BCUT2D eigenvalue weighted by Gasteiger charge is -2.40. The predicted octanol–water partition coefficient (Wildman–Crippen LogP) is 2.89. The summed E-state index contributed by atoms with van der Waals surface area (Å²) in [4.78, 5) is 0. The van der Waals surface area contributed by atoms with Crippen LogP contribution in [0.5, 0.6) is 0 Å². The number of aliphatic hydroxyl groups excluding tert-OH is 2. The zero-order chi connectivity index (χ0) is 12.7. The van der Waals surface area contributed by atoms with E-state index in [0.29, 0.717) is 11.3 Å². The Morgan fingerprint density at radius 1 is 1.41 bits per heavy atom. The molecule has 0 radical (unpaired) electrons. The number of rotatable bonds is 4. The second kappa shape index (κ2) is 4.40. The van der Waals surface area contributed by atoms with Crippen molar-refractivity contribution in [2.45, 2.75) is 59.0 Å². The van der Waals surface area contributed by atoms with Gasteiger partial charge >= 0.3 is 0 Å². The molecule has 0 saturated heterocycles. The maximum Gasteiger partial charge on any atom is 0.0639 e. The zero-order valence-corrected chi connectivity index (χ0v) is 11.4. The van der Waals surface area contributed by atoms with E-state index in [0.717, 1.165) is 24.8 Å². The summed E-state index contributed by atoms with van der Waals surface area (Å²) < 4.78 is 0. The van der Waals surface area contributed by atoms with E-state index < -0.39 is 0 Å². The fourth-order valence-corrected chi connectivity index (χ4v) is 4.17. The lowest BCUT2D eigenvalue weighted by Crippen LogP contribution is -2.37. The summed E-state index contributed by atoms with van der Waals surface area (Å²) in [6.45, 7) is 6.78. The quantitative estimate of drug-likeness (QED) is 0.739. The number of hydrogen-bond donors (Lipinski definition) is 2. The van der Waals surface area contributed by atoms with Crippen molar-refractivity contribution in [3.8, 4) is 0 Å². The third-order valence-electron chi connectivity index (χ3n) is 5.87. The van der Waals surface area contributed by atoms with Crippen LogP contribution in [0.2, 0.25) is 0 Å². The van der Waals surface area contributed by atoms with Gasteiger partial charge in [0.2, 0.25) is 0 Å². The van der Waals surface area contributed by atoms with Crippen molar-refractivity contribution in [3.05, 3.63) is 11.6 Å². The van der Waals surface area contributed by atoms with Crippen molar-refractivity contribution < 1.29 is 10.2 Å². The summed E-state index contributed by atoms with van der Waals surface area (Å²) in [5, 5.41) is 19.2. The molecule has 0 spiro atoms. The first-order valence-corrected chi connectivity index (χ1v) is 6.88. The first kappa shape index (κ1) is 13.1. The minimum atomic E-state index is -0.103. The van der Waals surface area contributed by atoms with Crippen LogP contribution in [0.15, 0.2) is 11.6 Å². The number of hydrogen-bond acceptors (Lipinski definition) is 2. The van der Waals surface area contributed by atoms with Gasteiger partial charge in [0.15, 0.2) is 0 Å². The van der Waals surface area contributed by atoms with Gasteiger partial charge in [0.1, 0.15) is 0 Å². The van der Waals surface area contributed by atoms with Gasteiger partial charge < -0.3 is 10.2 Å². The summed E-state index contributed by atoms with van der Waals surface area (Å²) in [5.74, 6) is 0.699. The van der Waals surface area contributed by atoms with Gasteiger partial charge in [0.05, 0.1) is 12.7 Å². The highest BCUT2D eigenvalue weighted by Gasteiger charge is 2.62. The molecule has 0 aliphatic heterocycles. The topological polar surface area (TPSA) is 40.5 Å². The molecule has 0 aromatic rings. The van der Waals surface area contributed by atoms with E-state index in [4.69, 9.17) is 5.11 Å². The third kappa shape index (κ3) is 1.86. The highest BCUT2D eigenvalue weighted by atomic mass is 16.3. The number of aliphatic hydroxyl groups is 2. The van der Waals surface area contributed by atoms with Crippen LogP contribution in [0.25, 0.3) is 0 Å². The Morgan fingerprint density at radius 2 is 2.12 bits per heavy atom. The average molecular weight is 238 g/mol. The standard InChI is InChI=1S/C15H26O2/c1-11(10-16)5-4-7-14(2)12-6-8-15(14,3)13(17)9-12/h5,12-13,16-17H,4,6-10H2,1-3H3/b11-5+. The van der Waals surface area contributed by atoms with E-state index in [1.165, 1.54) is 12.8 Å². The molecule has 2 aliphatic rings. The Kier molecular flexibility index (Phi) is 3.39. The highest BCUT2D eigenvalue weighted by Crippen LogP contribution is 2.67. The molecule has 0 aromatic heterocycles. The van der Waals surface area contributed by atoms with Gasteiger partial charge in [-0.3, -0.25) is 0 Å². The van der Waals surface area contributed by atoms with Crippen LogP contribution >= 0.6 is 0 Å². The predicted molar refractivity (Wildman–Crippen MR) is 69.6 cm³/mol. The van der Waals surface area contributed by atoms with Crippen molar-refractivity contribution in [3.63, 3.8) is 0 Å². The maximum absolute atomic E-state index is 10.2. The zero-order valence-electron chi connectivity index (χ0n) is 11.4. The molecule has 2 rings (SSSR count). The second-order valence-electron chi connectivity index (χ2n) is 6.57. The normalized spacial score (nSPS) is 45.6. The fourth-order valence-electron chi connectivity index (χ4n) is 4.17. The summed E-state index contributed by atoms with van der Waals surface area (Å²) in [7, 11) is 0. The van der Waals surface area contributed by atoms with Crippen LogP contribution < -0.4 is 0 Å². The molecule has 2 fully saturated rings. The van der Waals surface area contributed by atoms with E-state index in [2.05, 4.69) is 19.9 Å². The lowest BCUT2D eigenvalue weighted by molar-refractivity contribution is 0.00199. The summed E-state index contributed by atoms with van der Waals surface area (Å²) in [5.41, 5.74) is 1.47. The van der Waals surface area contributed by atoms with E-state index >= 15 is 0 Å². The molecular formula is C15H26O2. The summed E-state index contributed by atoms with van der Waals surface area (Å²) in [6, 6.07) is 0. The molecule has 2 saturated carbocycles. The second-order valence-corrected chi connectivity index (χ2v) is 6.57. The maximum atomic E-state index is 10.2. The van der Waals surface area contributed by atoms with E-state index in [9.17, 15) is 5.11 Å². The molecule has 0 aromatic carbocycles. The minimum absolute atomic E-state index is 0.103. The van der Waals surface area contributed by atoms with Gasteiger partial charge in [-0.15, -0.1) is 0 Å². The third-order valence-corrected chi connectivity index (χ3v) is 5.87. The smallest absolute Gasteiger partial charge is 0.0639 e. The van der Waals surface area contributed by atoms with Crippen molar-refractivity contribution in [1.82, 2.24) is 0 Å². The Hall–Kier alpha value is -0.340. The van der Waals surface area contributed by atoms with Gasteiger partial charge in [0, 0.05) is 0 Å². The minimum Gasteiger partial charge on any atom is -0.393 e. The first-order chi connectivity index (χ1) is 7.94. The molecule has 4 unspecified atom stereocenters. The molecule has 4 atom stereocenters. The Bertz CT molecular complexity index is 323. The largest absolute Gasteiger partial charge is 0.393 e. The molecule has 0 heterocycles. The number of allylic oxidation sites excluding steroid dienone is 1. The van der Waals surface area contributed by atoms with Crippen molar-refractivity contribution in [2.75, 3.05) is 6.61 Å². The Balaban J connectivity index is 2.05. The van der Waals surface area contributed by atoms with Crippen LogP contribution in [0.4, 0.5) is 0 Å². The van der Waals surface area contributed by atoms with Crippen molar-refractivity contribution >= 4 is 0 Å². The van der Waals surface area contributed by atoms with Crippen LogP contribution in [0, 0.1) is 16.7 Å². The molecule has 0 amide bonds. The molecule has 98 valence electrons. The van der Waals surface area contributed by atoms with Crippen molar-refractivity contribution in [1.29, 1.82) is 0 Å². The number of fused-ring (bicyclic) bond motifs is 2. The molecule has 2 nitrogen and oxygen atoms in total. The summed E-state index contributed by atoms with van der Waals surface area (Å²) in [6.07, 6.45) is 7.68. The summed E-state index contributed by atoms with van der Waals surface area (Å²) >= 11 is 0. The Labute approximate surface area is 105 Å². The first-order valence-electron chi connectivity index (χ1n) is 6.88. The van der Waals surface area contributed by atoms with E-state index in [-0.39, 0.29) is 18.1 Å². The average Bonchev–Trinajstić information content (AvgIpc) is 2.64. The van der Waals surface area contributed by atoms with Crippen LogP contribution in [-0.4, -0.2) is 22.9 Å². The van der Waals surface area contributed by atoms with E-state index in [1.54, 1.807) is 0 Å². The van der Waals surface area contributed by atoms with Crippen LogP contribution in [0.3, 0.4) is 0 Å². The van der Waals surface area contributed by atoms with Gasteiger partial charge in [-0.1, -0.05) is 25.5 Å². The fraction of sp³-hybridized carbons (Fsp3) is 0.867. The van der Waals surface area contributed by atoms with Crippen molar-refractivity contribution in [2.24, 2.45) is 16.7 Å².